The molecule has 0 spiro atoms. The zero-order valence-corrected chi connectivity index (χ0v) is 10.8. The fraction of sp³-hybridized carbons (Fsp3) is 0.538. The van der Waals surface area contributed by atoms with Crippen molar-refractivity contribution in [2.45, 2.75) is 26.7 Å². The van der Waals surface area contributed by atoms with Crippen molar-refractivity contribution in [3.8, 4) is 0 Å². The number of nitrogen functional groups attached to an aromatic ring is 1. The predicted octanol–water partition coefficient (Wildman–Crippen LogP) is 1.99. The van der Waals surface area contributed by atoms with Crippen LogP contribution in [0.5, 0.6) is 0 Å². The first-order valence-electron chi connectivity index (χ1n) is 6.13. The van der Waals surface area contributed by atoms with E-state index in [0.29, 0.717) is 16.9 Å². The van der Waals surface area contributed by atoms with E-state index >= 15 is 0 Å². The lowest BCUT2D eigenvalue weighted by atomic mass is 9.82. The van der Waals surface area contributed by atoms with Gasteiger partial charge < -0.3 is 15.7 Å². The predicted molar refractivity (Wildman–Crippen MR) is 70.8 cm³/mol. The highest BCUT2D eigenvalue weighted by Crippen LogP contribution is 2.32. The van der Waals surface area contributed by atoms with Crippen LogP contribution in [0.1, 0.15) is 37.0 Å². The molecule has 1 aliphatic heterocycles. The van der Waals surface area contributed by atoms with Crippen LogP contribution in [-0.2, 0) is 0 Å². The molecule has 2 heterocycles. The molecule has 1 fully saturated rings. The second-order valence-electron chi connectivity index (χ2n) is 5.60. The number of anilines is 2. The average molecular weight is 249 g/mol. The summed E-state index contributed by atoms with van der Waals surface area (Å²) < 4.78 is 0. The zero-order chi connectivity index (χ0) is 13.3. The topological polar surface area (TPSA) is 79.5 Å². The molecule has 18 heavy (non-hydrogen) atoms. The van der Waals surface area contributed by atoms with Gasteiger partial charge in [0, 0.05) is 13.1 Å². The second-order valence-corrected chi connectivity index (χ2v) is 5.60. The monoisotopic (exact) mass is 249 g/mol. The Morgan fingerprint density at radius 3 is 2.61 bits per heavy atom. The summed E-state index contributed by atoms with van der Waals surface area (Å²) in [6.07, 6.45) is 3.59. The Morgan fingerprint density at radius 1 is 1.44 bits per heavy atom. The van der Waals surface area contributed by atoms with Crippen LogP contribution in [0.2, 0.25) is 0 Å². The van der Waals surface area contributed by atoms with Crippen molar-refractivity contribution in [1.82, 2.24) is 4.98 Å². The van der Waals surface area contributed by atoms with Gasteiger partial charge >= 0.3 is 5.97 Å². The van der Waals surface area contributed by atoms with E-state index in [-0.39, 0.29) is 5.56 Å². The number of rotatable bonds is 2. The third-order valence-corrected chi connectivity index (χ3v) is 3.53. The molecule has 0 bridgehead atoms. The number of aromatic nitrogens is 1. The molecule has 5 heteroatoms. The molecular formula is C13H19N3O2. The number of carbonyl (C=O) groups is 1. The highest BCUT2D eigenvalue weighted by molar-refractivity contribution is 5.94. The molecule has 1 saturated heterocycles. The first-order chi connectivity index (χ1) is 8.39. The van der Waals surface area contributed by atoms with Crippen LogP contribution in [0.25, 0.3) is 0 Å². The normalized spacial score (nSPS) is 18.7. The number of nitrogens with zero attached hydrogens (tertiary/aromatic N) is 2. The van der Waals surface area contributed by atoms with E-state index in [0.717, 1.165) is 25.9 Å². The summed E-state index contributed by atoms with van der Waals surface area (Å²) in [5.74, 6) is -0.443. The zero-order valence-electron chi connectivity index (χ0n) is 10.8. The minimum absolute atomic E-state index is 0.190. The fourth-order valence-electron chi connectivity index (χ4n) is 2.21. The molecule has 0 saturated carbocycles. The van der Waals surface area contributed by atoms with Crippen LogP contribution < -0.4 is 10.6 Å². The van der Waals surface area contributed by atoms with Crippen LogP contribution >= 0.6 is 0 Å². The molecule has 0 aliphatic carbocycles. The SMILES string of the molecule is CC1(C)CCN(c2ncc(N)cc2C(=O)O)CC1. The average Bonchev–Trinajstić information content (AvgIpc) is 2.29. The Labute approximate surface area is 107 Å². The van der Waals surface area contributed by atoms with Crippen molar-refractivity contribution in [2.75, 3.05) is 23.7 Å². The van der Waals surface area contributed by atoms with Crippen LogP contribution in [0.4, 0.5) is 11.5 Å². The minimum atomic E-state index is -0.977. The van der Waals surface area contributed by atoms with Gasteiger partial charge in [-0.05, 0) is 24.3 Å². The number of piperidine rings is 1. The molecule has 2 rings (SSSR count). The molecule has 1 aliphatic rings. The van der Waals surface area contributed by atoms with Crippen molar-refractivity contribution in [2.24, 2.45) is 5.41 Å². The first kappa shape index (κ1) is 12.7. The van der Waals surface area contributed by atoms with Gasteiger partial charge in [-0.25, -0.2) is 9.78 Å². The molecule has 98 valence electrons. The van der Waals surface area contributed by atoms with E-state index in [4.69, 9.17) is 5.73 Å². The Hall–Kier alpha value is -1.78. The summed E-state index contributed by atoms with van der Waals surface area (Å²) in [7, 11) is 0. The number of carboxylic acids is 1. The van der Waals surface area contributed by atoms with Crippen molar-refractivity contribution in [3.05, 3.63) is 17.8 Å². The van der Waals surface area contributed by atoms with E-state index in [1.165, 1.54) is 12.3 Å². The smallest absolute Gasteiger partial charge is 0.339 e. The van der Waals surface area contributed by atoms with E-state index in [9.17, 15) is 9.90 Å². The summed E-state index contributed by atoms with van der Waals surface area (Å²) in [6.45, 7) is 6.14. The summed E-state index contributed by atoms with van der Waals surface area (Å²) in [5.41, 5.74) is 6.49. The van der Waals surface area contributed by atoms with Gasteiger partial charge in [-0.2, -0.15) is 0 Å². The van der Waals surface area contributed by atoms with Gasteiger partial charge in [0.05, 0.1) is 11.9 Å². The molecular weight excluding hydrogens is 230 g/mol. The molecule has 5 nitrogen and oxygen atoms in total. The Balaban J connectivity index is 2.26. The van der Waals surface area contributed by atoms with E-state index in [1.54, 1.807) is 0 Å². The van der Waals surface area contributed by atoms with Gasteiger partial charge in [-0.1, -0.05) is 13.8 Å². The van der Waals surface area contributed by atoms with Gasteiger partial charge in [-0.15, -0.1) is 0 Å². The van der Waals surface area contributed by atoms with E-state index in [2.05, 4.69) is 18.8 Å². The van der Waals surface area contributed by atoms with Crippen molar-refractivity contribution in [3.63, 3.8) is 0 Å². The summed E-state index contributed by atoms with van der Waals surface area (Å²) in [5, 5.41) is 9.20. The third kappa shape index (κ3) is 2.55. The lowest BCUT2D eigenvalue weighted by Gasteiger charge is -2.37. The Morgan fingerprint density at radius 2 is 2.06 bits per heavy atom. The highest BCUT2D eigenvalue weighted by Gasteiger charge is 2.28. The molecule has 1 aromatic rings. The summed E-state index contributed by atoms with van der Waals surface area (Å²) in [6, 6.07) is 1.48. The number of aromatic carboxylic acids is 1. The molecule has 0 amide bonds. The Bertz CT molecular complexity index is 461. The van der Waals surface area contributed by atoms with Crippen LogP contribution in [0.3, 0.4) is 0 Å². The second kappa shape index (κ2) is 4.48. The lowest BCUT2D eigenvalue weighted by Crippen LogP contribution is -2.38. The van der Waals surface area contributed by atoms with Crippen LogP contribution in [-0.4, -0.2) is 29.1 Å². The van der Waals surface area contributed by atoms with E-state index in [1.807, 2.05) is 4.90 Å². The lowest BCUT2D eigenvalue weighted by molar-refractivity contribution is 0.0697. The van der Waals surface area contributed by atoms with Crippen LogP contribution in [0, 0.1) is 5.41 Å². The van der Waals surface area contributed by atoms with Gasteiger partial charge in [0.1, 0.15) is 11.4 Å². The molecule has 0 aromatic carbocycles. The number of hydrogen-bond acceptors (Lipinski definition) is 4. The molecule has 1 aromatic heterocycles. The first-order valence-corrected chi connectivity index (χ1v) is 6.13. The number of hydrogen-bond donors (Lipinski definition) is 2. The maximum atomic E-state index is 11.2. The van der Waals surface area contributed by atoms with E-state index < -0.39 is 5.97 Å². The molecule has 3 N–H and O–H groups in total. The van der Waals surface area contributed by atoms with Gasteiger partial charge in [-0.3, -0.25) is 0 Å². The number of nitrogens with two attached hydrogens (primary N) is 1. The minimum Gasteiger partial charge on any atom is -0.478 e. The summed E-state index contributed by atoms with van der Waals surface area (Å²) >= 11 is 0. The highest BCUT2D eigenvalue weighted by atomic mass is 16.4. The summed E-state index contributed by atoms with van der Waals surface area (Å²) in [4.78, 5) is 17.4. The third-order valence-electron chi connectivity index (χ3n) is 3.53. The van der Waals surface area contributed by atoms with Crippen LogP contribution in [0.15, 0.2) is 12.3 Å². The molecule has 0 atom stereocenters. The van der Waals surface area contributed by atoms with Crippen molar-refractivity contribution >= 4 is 17.5 Å². The number of carboxylic acid groups (broad SMARTS) is 1. The quantitative estimate of drug-likeness (QED) is 0.838. The molecule has 0 unspecified atom stereocenters. The maximum absolute atomic E-state index is 11.2. The van der Waals surface area contributed by atoms with Gasteiger partial charge in [0.2, 0.25) is 0 Å². The fourth-order valence-corrected chi connectivity index (χ4v) is 2.21. The largest absolute Gasteiger partial charge is 0.478 e. The Kier molecular flexibility index (Phi) is 3.15. The number of pyridine rings is 1. The standard InChI is InChI=1S/C13H19N3O2/c1-13(2)3-5-16(6-4-13)11-10(12(17)18)7-9(14)8-15-11/h7-8H,3-6,14H2,1-2H3,(H,17,18). The van der Waals surface area contributed by atoms with Crippen molar-refractivity contribution in [1.29, 1.82) is 0 Å². The molecule has 0 radical (unpaired) electrons. The maximum Gasteiger partial charge on any atom is 0.339 e. The van der Waals surface area contributed by atoms with Crippen molar-refractivity contribution < 1.29 is 9.90 Å². The van der Waals surface area contributed by atoms with Gasteiger partial charge in [0.15, 0.2) is 0 Å². The van der Waals surface area contributed by atoms with Gasteiger partial charge in [0.25, 0.3) is 0 Å².